The van der Waals surface area contributed by atoms with E-state index in [0.717, 1.165) is 17.8 Å². The molecule has 2 heterocycles. The van der Waals surface area contributed by atoms with Gasteiger partial charge in [0.05, 0.1) is 12.1 Å². The van der Waals surface area contributed by atoms with Crippen LogP contribution >= 0.6 is 0 Å². The lowest BCUT2D eigenvalue weighted by atomic mass is 10.1. The number of hydrogen-bond acceptors (Lipinski definition) is 4. The predicted molar refractivity (Wildman–Crippen MR) is 77.4 cm³/mol. The van der Waals surface area contributed by atoms with Gasteiger partial charge in [-0.3, -0.25) is 9.98 Å². The Labute approximate surface area is 116 Å². The van der Waals surface area contributed by atoms with Gasteiger partial charge >= 0.3 is 0 Å². The Morgan fingerprint density at radius 3 is 2.95 bits per heavy atom. The molecule has 1 aromatic carbocycles. The highest BCUT2D eigenvalue weighted by Crippen LogP contribution is 2.21. The molecule has 2 aromatic rings. The molecule has 102 valence electrons. The largest absolute Gasteiger partial charge is 0.380 e. The third-order valence-corrected chi connectivity index (χ3v) is 3.13. The average molecular weight is 270 g/mol. The lowest BCUT2D eigenvalue weighted by Crippen LogP contribution is -2.22. The second-order valence-electron chi connectivity index (χ2n) is 4.53. The summed E-state index contributed by atoms with van der Waals surface area (Å²) in [5, 5.41) is 6.36. The quantitative estimate of drug-likeness (QED) is 0.895. The van der Waals surface area contributed by atoms with Gasteiger partial charge in [-0.1, -0.05) is 12.1 Å². The van der Waals surface area contributed by atoms with Gasteiger partial charge in [0.2, 0.25) is 0 Å². The van der Waals surface area contributed by atoms with Crippen molar-refractivity contribution < 1.29 is 4.39 Å². The first-order chi connectivity index (χ1) is 9.84. The minimum atomic E-state index is -0.269. The fourth-order valence-electron chi connectivity index (χ4n) is 2.18. The number of benzene rings is 1. The molecule has 1 aromatic heterocycles. The topological polar surface area (TPSA) is 49.3 Å². The molecule has 20 heavy (non-hydrogen) atoms. The van der Waals surface area contributed by atoms with E-state index < -0.39 is 0 Å². The first-order valence-electron chi connectivity index (χ1n) is 6.54. The maximum absolute atomic E-state index is 14.1. The van der Waals surface area contributed by atoms with E-state index in [1.54, 1.807) is 18.5 Å². The minimum absolute atomic E-state index is 0.269. The van der Waals surface area contributed by atoms with Gasteiger partial charge in [0.1, 0.15) is 11.7 Å². The van der Waals surface area contributed by atoms with Gasteiger partial charge in [0.15, 0.2) is 0 Å². The zero-order chi connectivity index (χ0) is 13.8. The summed E-state index contributed by atoms with van der Waals surface area (Å²) in [5.41, 5.74) is 2.29. The monoisotopic (exact) mass is 270 g/mol. The van der Waals surface area contributed by atoms with Crippen LogP contribution in [0.4, 0.5) is 10.1 Å². The minimum Gasteiger partial charge on any atom is -0.380 e. The van der Waals surface area contributed by atoms with Crippen molar-refractivity contribution in [3.05, 3.63) is 59.7 Å². The lowest BCUT2D eigenvalue weighted by molar-refractivity contribution is 0.625. The average Bonchev–Trinajstić information content (AvgIpc) is 3.00. The summed E-state index contributed by atoms with van der Waals surface area (Å²) in [7, 11) is 0. The van der Waals surface area contributed by atoms with Gasteiger partial charge < -0.3 is 10.6 Å². The number of nitrogens with zero attached hydrogens (tertiary/aromatic N) is 2. The number of aliphatic imine (C=N–C) groups is 1. The summed E-state index contributed by atoms with van der Waals surface area (Å²) < 4.78 is 14.1. The smallest absolute Gasteiger partial charge is 0.136 e. The summed E-state index contributed by atoms with van der Waals surface area (Å²) in [6.45, 7) is 2.04. The second-order valence-corrected chi connectivity index (χ2v) is 4.53. The van der Waals surface area contributed by atoms with Crippen molar-refractivity contribution in [2.75, 3.05) is 18.4 Å². The van der Waals surface area contributed by atoms with Gasteiger partial charge in [0, 0.05) is 31.2 Å². The van der Waals surface area contributed by atoms with E-state index in [1.807, 2.05) is 18.2 Å². The van der Waals surface area contributed by atoms with Crippen molar-refractivity contribution in [3.8, 4) is 0 Å². The summed E-state index contributed by atoms with van der Waals surface area (Å²) in [4.78, 5) is 8.36. The van der Waals surface area contributed by atoms with Crippen LogP contribution in [0.15, 0.2) is 47.7 Å². The molecular formula is C15H15FN4. The van der Waals surface area contributed by atoms with Crippen LogP contribution in [0.2, 0.25) is 0 Å². The van der Waals surface area contributed by atoms with Crippen LogP contribution in [0, 0.1) is 5.82 Å². The first kappa shape index (κ1) is 12.6. The summed E-state index contributed by atoms with van der Waals surface area (Å²) in [5.74, 6) is 0.353. The number of halogens is 1. The molecule has 0 fully saturated rings. The summed E-state index contributed by atoms with van der Waals surface area (Å²) >= 11 is 0. The van der Waals surface area contributed by atoms with Crippen molar-refractivity contribution in [1.29, 1.82) is 0 Å². The Morgan fingerprint density at radius 2 is 2.20 bits per heavy atom. The molecule has 0 saturated carbocycles. The summed E-state index contributed by atoms with van der Waals surface area (Å²) in [6.07, 6.45) is 3.52. The van der Waals surface area contributed by atoms with Crippen molar-refractivity contribution >= 4 is 11.5 Å². The van der Waals surface area contributed by atoms with Gasteiger partial charge in [-0.15, -0.1) is 0 Å². The molecule has 0 saturated heterocycles. The van der Waals surface area contributed by atoms with E-state index in [2.05, 4.69) is 20.6 Å². The highest BCUT2D eigenvalue weighted by atomic mass is 19.1. The number of anilines is 1. The number of nitrogens with one attached hydrogen (secondary N) is 2. The van der Waals surface area contributed by atoms with Crippen molar-refractivity contribution in [3.63, 3.8) is 0 Å². The fraction of sp³-hybridized carbons (Fsp3) is 0.200. The Hall–Kier alpha value is -2.43. The zero-order valence-electron chi connectivity index (χ0n) is 10.9. The Balaban J connectivity index is 1.84. The van der Waals surface area contributed by atoms with E-state index in [1.165, 1.54) is 6.07 Å². The number of aromatic nitrogens is 1. The maximum Gasteiger partial charge on any atom is 0.136 e. The molecule has 2 N–H and O–H groups in total. The molecule has 1 aliphatic rings. The van der Waals surface area contributed by atoms with Crippen LogP contribution in [0.1, 0.15) is 11.1 Å². The van der Waals surface area contributed by atoms with E-state index in [0.29, 0.717) is 24.5 Å². The van der Waals surface area contributed by atoms with Crippen LogP contribution in [0.5, 0.6) is 0 Å². The highest BCUT2D eigenvalue weighted by Gasteiger charge is 2.16. The summed E-state index contributed by atoms with van der Waals surface area (Å²) in [6, 6.07) is 8.86. The van der Waals surface area contributed by atoms with Gasteiger partial charge in [-0.2, -0.15) is 0 Å². The second kappa shape index (κ2) is 5.69. The highest BCUT2D eigenvalue weighted by molar-refractivity contribution is 6.04. The number of rotatable bonds is 4. The molecular weight excluding hydrogens is 255 g/mol. The zero-order valence-corrected chi connectivity index (χ0v) is 10.9. The Bertz CT molecular complexity index is 625. The van der Waals surface area contributed by atoms with E-state index >= 15 is 0 Å². The molecule has 0 unspecified atom stereocenters. The van der Waals surface area contributed by atoms with E-state index in [-0.39, 0.29) is 5.82 Å². The van der Waals surface area contributed by atoms with Crippen molar-refractivity contribution in [2.45, 2.75) is 6.54 Å². The van der Waals surface area contributed by atoms with Crippen LogP contribution < -0.4 is 10.6 Å². The maximum atomic E-state index is 14.1. The van der Waals surface area contributed by atoms with E-state index in [4.69, 9.17) is 0 Å². The lowest BCUT2D eigenvalue weighted by Gasteiger charge is -2.13. The number of hydrogen-bond donors (Lipinski definition) is 2. The molecule has 0 atom stereocenters. The first-order valence-corrected chi connectivity index (χ1v) is 6.54. The SMILES string of the molecule is Fc1cccc(NCc2cccnc2)c1C1=NCCN1. The Morgan fingerprint density at radius 1 is 1.25 bits per heavy atom. The fourth-order valence-corrected chi connectivity index (χ4v) is 2.18. The molecule has 3 rings (SSSR count). The molecule has 0 aliphatic carbocycles. The third kappa shape index (κ3) is 2.61. The molecule has 0 bridgehead atoms. The van der Waals surface area contributed by atoms with E-state index in [9.17, 15) is 4.39 Å². The van der Waals surface area contributed by atoms with Crippen LogP contribution in [0.25, 0.3) is 0 Å². The van der Waals surface area contributed by atoms with Crippen LogP contribution in [-0.4, -0.2) is 23.9 Å². The van der Waals surface area contributed by atoms with Crippen molar-refractivity contribution in [2.24, 2.45) is 4.99 Å². The molecule has 0 radical (unpaired) electrons. The Kier molecular flexibility index (Phi) is 3.58. The van der Waals surface area contributed by atoms with Gasteiger partial charge in [-0.25, -0.2) is 4.39 Å². The van der Waals surface area contributed by atoms with Crippen molar-refractivity contribution in [1.82, 2.24) is 10.3 Å². The predicted octanol–water partition coefficient (Wildman–Crippen LogP) is 2.18. The molecule has 0 spiro atoms. The molecule has 1 aliphatic heterocycles. The van der Waals surface area contributed by atoms with Crippen LogP contribution in [-0.2, 0) is 6.54 Å². The molecule has 4 nitrogen and oxygen atoms in total. The third-order valence-electron chi connectivity index (χ3n) is 3.13. The normalized spacial score (nSPS) is 13.8. The standard InChI is InChI=1S/C15H15FN4/c16-12-4-1-5-13(14(12)15-18-7-8-19-15)20-10-11-3-2-6-17-9-11/h1-6,9,20H,7-8,10H2,(H,18,19). The molecule has 5 heteroatoms. The molecule has 0 amide bonds. The van der Waals surface area contributed by atoms with Gasteiger partial charge in [0.25, 0.3) is 0 Å². The number of amidine groups is 1. The van der Waals surface area contributed by atoms with Crippen LogP contribution in [0.3, 0.4) is 0 Å². The van der Waals surface area contributed by atoms with Gasteiger partial charge in [-0.05, 0) is 23.8 Å². The number of pyridine rings is 1.